The van der Waals surface area contributed by atoms with Gasteiger partial charge in [-0.05, 0) is 45.1 Å². The molecule has 6 nitrogen and oxygen atoms in total. The normalized spacial score (nSPS) is 22.8. The molecule has 0 spiro atoms. The number of nitrogens with two attached hydrogens (primary N) is 1. The van der Waals surface area contributed by atoms with Crippen molar-refractivity contribution in [1.29, 1.82) is 0 Å². The molecule has 2 aliphatic rings. The minimum atomic E-state index is 0.440. The van der Waals surface area contributed by atoms with Gasteiger partial charge in [0, 0.05) is 40.9 Å². The van der Waals surface area contributed by atoms with Crippen LogP contribution in [0.2, 0.25) is 0 Å². The standard InChI is InChI=1S/C26H28N6S/c1-31-19-9-10-20(31)13-18(12-19)23-24(33-2)25(27)32-26(30-23)21(15-29-32)17-8-11-22(28-14-17)16-6-4-3-5-7-16/h3-8,11,14-15,18-20H,9-10,12-13,27H2,1-2H3. The Kier molecular flexibility index (Phi) is 5.11. The van der Waals surface area contributed by atoms with E-state index in [0.29, 0.717) is 23.8 Å². The molecule has 0 radical (unpaired) electrons. The third kappa shape index (κ3) is 3.42. The van der Waals surface area contributed by atoms with Gasteiger partial charge in [0.1, 0.15) is 5.82 Å². The van der Waals surface area contributed by atoms with Crippen LogP contribution in [0.1, 0.15) is 37.3 Å². The molecule has 2 aliphatic heterocycles. The Bertz CT molecular complexity index is 1290. The summed E-state index contributed by atoms with van der Waals surface area (Å²) >= 11 is 1.68. The molecule has 33 heavy (non-hydrogen) atoms. The van der Waals surface area contributed by atoms with Crippen molar-refractivity contribution in [3.05, 3.63) is 60.6 Å². The van der Waals surface area contributed by atoms with Crippen LogP contribution in [0.15, 0.2) is 59.8 Å². The Hall–Kier alpha value is -2.90. The van der Waals surface area contributed by atoms with Crippen molar-refractivity contribution in [2.75, 3.05) is 19.0 Å². The van der Waals surface area contributed by atoms with E-state index in [1.165, 1.54) is 12.8 Å². The van der Waals surface area contributed by atoms with Gasteiger partial charge >= 0.3 is 0 Å². The van der Waals surface area contributed by atoms with Crippen LogP contribution in [0, 0.1) is 0 Å². The number of anilines is 1. The molecule has 2 atom stereocenters. The lowest BCUT2D eigenvalue weighted by Gasteiger charge is -2.36. The third-order valence-corrected chi connectivity index (χ3v) is 8.32. The molecule has 2 unspecified atom stereocenters. The van der Waals surface area contributed by atoms with Gasteiger partial charge in [-0.1, -0.05) is 36.4 Å². The van der Waals surface area contributed by atoms with Crippen LogP contribution in [0.25, 0.3) is 28.0 Å². The number of hydrogen-bond donors (Lipinski definition) is 1. The predicted octanol–water partition coefficient (Wildman–Crippen LogP) is 5.10. The number of hydrogen-bond acceptors (Lipinski definition) is 6. The molecule has 0 saturated carbocycles. The second kappa shape index (κ2) is 8.15. The summed E-state index contributed by atoms with van der Waals surface area (Å²) in [6.45, 7) is 0. The SMILES string of the molecule is CSc1c(C2CC3CCC(C2)N3C)nc2c(-c3ccc(-c4ccccc4)nc3)cnn2c1N. The van der Waals surface area contributed by atoms with Crippen LogP contribution in [-0.4, -0.2) is 49.9 Å². The minimum Gasteiger partial charge on any atom is -0.383 e. The number of rotatable bonds is 4. The number of nitrogen functional groups attached to an aromatic ring is 1. The van der Waals surface area contributed by atoms with E-state index in [2.05, 4.69) is 47.6 Å². The number of nitrogens with zero attached hydrogens (tertiary/aromatic N) is 5. The first-order valence-electron chi connectivity index (χ1n) is 11.6. The number of aromatic nitrogens is 4. The molecular weight excluding hydrogens is 428 g/mol. The molecule has 2 saturated heterocycles. The Morgan fingerprint density at radius 3 is 2.39 bits per heavy atom. The van der Waals surface area contributed by atoms with E-state index >= 15 is 0 Å². The zero-order valence-electron chi connectivity index (χ0n) is 19.0. The predicted molar refractivity (Wildman–Crippen MR) is 134 cm³/mol. The summed E-state index contributed by atoms with van der Waals surface area (Å²) in [7, 11) is 2.28. The van der Waals surface area contributed by atoms with Crippen LogP contribution in [0.3, 0.4) is 0 Å². The summed E-state index contributed by atoms with van der Waals surface area (Å²) in [6.07, 6.45) is 10.8. The molecule has 4 aromatic rings. The molecule has 2 N–H and O–H groups in total. The average Bonchev–Trinajstić information content (AvgIpc) is 3.35. The van der Waals surface area contributed by atoms with Gasteiger partial charge in [-0.3, -0.25) is 4.98 Å². The molecule has 1 aromatic carbocycles. The number of fused-ring (bicyclic) bond motifs is 3. The monoisotopic (exact) mass is 456 g/mol. The Labute approximate surface area is 198 Å². The van der Waals surface area contributed by atoms with E-state index in [1.54, 1.807) is 16.3 Å². The Morgan fingerprint density at radius 2 is 1.73 bits per heavy atom. The Balaban J connectivity index is 1.42. The summed E-state index contributed by atoms with van der Waals surface area (Å²) in [4.78, 5) is 13.6. The lowest BCUT2D eigenvalue weighted by atomic mass is 9.88. The molecule has 2 bridgehead atoms. The summed E-state index contributed by atoms with van der Waals surface area (Å²) in [6, 6.07) is 15.7. The fourth-order valence-electron chi connectivity index (χ4n) is 5.68. The van der Waals surface area contributed by atoms with Crippen molar-refractivity contribution in [1.82, 2.24) is 24.5 Å². The minimum absolute atomic E-state index is 0.440. The molecule has 0 amide bonds. The van der Waals surface area contributed by atoms with Crippen molar-refractivity contribution in [3.8, 4) is 22.4 Å². The maximum Gasteiger partial charge on any atom is 0.165 e. The van der Waals surface area contributed by atoms with E-state index in [0.717, 1.165) is 51.5 Å². The van der Waals surface area contributed by atoms with Crippen LogP contribution in [0.4, 0.5) is 5.82 Å². The first kappa shape index (κ1) is 20.7. The molecule has 168 valence electrons. The molecule has 0 aliphatic carbocycles. The maximum atomic E-state index is 6.65. The quantitative estimate of drug-likeness (QED) is 0.431. The van der Waals surface area contributed by atoms with Crippen molar-refractivity contribution in [3.63, 3.8) is 0 Å². The molecule has 3 aromatic heterocycles. The summed E-state index contributed by atoms with van der Waals surface area (Å²) < 4.78 is 1.79. The second-order valence-electron chi connectivity index (χ2n) is 9.23. The number of pyridine rings is 1. The van der Waals surface area contributed by atoms with Crippen molar-refractivity contribution >= 4 is 23.2 Å². The molecule has 2 fully saturated rings. The van der Waals surface area contributed by atoms with Gasteiger partial charge < -0.3 is 10.6 Å². The van der Waals surface area contributed by atoms with E-state index < -0.39 is 0 Å². The van der Waals surface area contributed by atoms with E-state index in [9.17, 15) is 0 Å². The van der Waals surface area contributed by atoms with Crippen LogP contribution in [0.5, 0.6) is 0 Å². The van der Waals surface area contributed by atoms with Crippen molar-refractivity contribution < 1.29 is 0 Å². The van der Waals surface area contributed by atoms with Crippen molar-refractivity contribution in [2.24, 2.45) is 0 Å². The highest BCUT2D eigenvalue weighted by Crippen LogP contribution is 2.45. The van der Waals surface area contributed by atoms with Crippen LogP contribution < -0.4 is 5.73 Å². The van der Waals surface area contributed by atoms with Gasteiger partial charge in [-0.25, -0.2) is 4.98 Å². The fourth-order valence-corrected chi connectivity index (χ4v) is 6.39. The zero-order chi connectivity index (χ0) is 22.5. The second-order valence-corrected chi connectivity index (χ2v) is 10.0. The van der Waals surface area contributed by atoms with Gasteiger partial charge in [0.25, 0.3) is 0 Å². The topological polar surface area (TPSA) is 72.3 Å². The Morgan fingerprint density at radius 1 is 0.970 bits per heavy atom. The van der Waals surface area contributed by atoms with Gasteiger partial charge in [0.05, 0.1) is 22.5 Å². The molecule has 6 rings (SSSR count). The summed E-state index contributed by atoms with van der Waals surface area (Å²) in [5.41, 5.74) is 12.7. The first-order valence-corrected chi connectivity index (χ1v) is 12.8. The van der Waals surface area contributed by atoms with Gasteiger partial charge in [0.15, 0.2) is 5.65 Å². The zero-order valence-corrected chi connectivity index (χ0v) is 19.8. The molecular formula is C26H28N6S. The molecule has 7 heteroatoms. The highest BCUT2D eigenvalue weighted by molar-refractivity contribution is 7.98. The van der Waals surface area contributed by atoms with E-state index in [-0.39, 0.29) is 0 Å². The highest BCUT2D eigenvalue weighted by Gasteiger charge is 2.40. The lowest BCUT2D eigenvalue weighted by Crippen LogP contribution is -2.39. The van der Waals surface area contributed by atoms with E-state index in [4.69, 9.17) is 15.7 Å². The van der Waals surface area contributed by atoms with E-state index in [1.807, 2.05) is 30.6 Å². The fraction of sp³-hybridized carbons (Fsp3) is 0.346. The number of piperidine rings is 1. The number of thioether (sulfide) groups is 1. The van der Waals surface area contributed by atoms with Crippen LogP contribution in [-0.2, 0) is 0 Å². The summed E-state index contributed by atoms with van der Waals surface area (Å²) in [5, 5.41) is 4.60. The first-order chi connectivity index (χ1) is 16.1. The lowest BCUT2D eigenvalue weighted by molar-refractivity contribution is 0.159. The largest absolute Gasteiger partial charge is 0.383 e. The smallest absolute Gasteiger partial charge is 0.165 e. The molecule has 5 heterocycles. The average molecular weight is 457 g/mol. The highest BCUT2D eigenvalue weighted by atomic mass is 32.2. The summed E-state index contributed by atoms with van der Waals surface area (Å²) in [5.74, 6) is 1.13. The van der Waals surface area contributed by atoms with Gasteiger partial charge in [0.2, 0.25) is 0 Å². The van der Waals surface area contributed by atoms with Gasteiger partial charge in [-0.15, -0.1) is 11.8 Å². The maximum absolute atomic E-state index is 6.65. The van der Waals surface area contributed by atoms with Crippen molar-refractivity contribution in [2.45, 2.75) is 48.6 Å². The van der Waals surface area contributed by atoms with Gasteiger partial charge in [-0.2, -0.15) is 9.61 Å². The third-order valence-electron chi connectivity index (χ3n) is 7.50. The van der Waals surface area contributed by atoms with Crippen LogP contribution >= 0.6 is 11.8 Å². The number of benzene rings is 1.